The third-order valence-corrected chi connectivity index (χ3v) is 2.82. The number of carbonyl (C=O) groups excluding carboxylic acids is 1. The van der Waals surface area contributed by atoms with E-state index >= 15 is 0 Å². The Kier molecular flexibility index (Phi) is 5.14. The number of rotatable bonds is 4. The molecule has 108 valence electrons. The summed E-state index contributed by atoms with van der Waals surface area (Å²) in [4.78, 5) is 19.3. The summed E-state index contributed by atoms with van der Waals surface area (Å²) in [5.74, 6) is 0.642. The molecule has 1 heterocycles. The van der Waals surface area contributed by atoms with Crippen LogP contribution < -0.4 is 10.1 Å². The lowest BCUT2D eigenvalue weighted by Gasteiger charge is -2.02. The third kappa shape index (κ3) is 4.73. The van der Waals surface area contributed by atoms with E-state index in [2.05, 4.69) is 15.3 Å². The molecule has 1 N–H and O–H groups in total. The second-order valence-electron chi connectivity index (χ2n) is 3.94. The number of nitrogens with one attached hydrogen (secondary N) is 1. The molecule has 2 rings (SSSR count). The van der Waals surface area contributed by atoms with Gasteiger partial charge in [-0.3, -0.25) is 4.79 Å². The quantitative estimate of drug-likeness (QED) is 0.531. The molecular formula is C14H11Cl2N3O2. The maximum absolute atomic E-state index is 11.8. The summed E-state index contributed by atoms with van der Waals surface area (Å²) in [6.45, 7) is 0. The summed E-state index contributed by atoms with van der Waals surface area (Å²) in [7, 11) is 1.59. The van der Waals surface area contributed by atoms with Crippen LogP contribution in [-0.4, -0.2) is 23.0 Å². The lowest BCUT2D eigenvalue weighted by atomic mass is 10.2. The van der Waals surface area contributed by atoms with Gasteiger partial charge in [0.2, 0.25) is 11.2 Å². The lowest BCUT2D eigenvalue weighted by Crippen LogP contribution is -2.09. The molecule has 0 atom stereocenters. The average Bonchev–Trinajstić information content (AvgIpc) is 2.44. The Bertz CT molecular complexity index is 652. The fraction of sp³-hybridized carbons (Fsp3) is 0.0714. The van der Waals surface area contributed by atoms with Crippen LogP contribution in [0.2, 0.25) is 10.4 Å². The van der Waals surface area contributed by atoms with Crippen molar-refractivity contribution < 1.29 is 9.53 Å². The van der Waals surface area contributed by atoms with Gasteiger partial charge in [0.15, 0.2) is 0 Å². The Morgan fingerprint density at radius 3 is 2.57 bits per heavy atom. The highest BCUT2D eigenvalue weighted by molar-refractivity contribution is 6.32. The minimum atomic E-state index is -0.350. The zero-order valence-corrected chi connectivity index (χ0v) is 12.5. The van der Waals surface area contributed by atoms with Crippen LogP contribution in [0.4, 0.5) is 5.82 Å². The molecule has 0 radical (unpaired) electrons. The van der Waals surface area contributed by atoms with Gasteiger partial charge >= 0.3 is 0 Å². The number of ether oxygens (including phenoxy) is 1. The van der Waals surface area contributed by atoms with Gasteiger partial charge in [0.05, 0.1) is 7.11 Å². The standard InChI is InChI=1S/C14H11Cl2N3O2/c1-21-10-5-2-9(3-6-10)4-7-13(20)18-12-8-11(15)17-14(16)19-12/h2-8H,1H3,(H,17,18,19,20)/b7-4+. The Balaban J connectivity index is 2.01. The molecule has 5 nitrogen and oxygen atoms in total. The number of aromatic nitrogens is 2. The Hall–Kier alpha value is -2.11. The Labute approximate surface area is 131 Å². The summed E-state index contributed by atoms with van der Waals surface area (Å²) >= 11 is 11.4. The maximum Gasteiger partial charge on any atom is 0.249 e. The van der Waals surface area contributed by atoms with Crippen LogP contribution in [0.15, 0.2) is 36.4 Å². The molecule has 0 unspecified atom stereocenters. The molecule has 21 heavy (non-hydrogen) atoms. The molecule has 0 fully saturated rings. The maximum atomic E-state index is 11.8. The second kappa shape index (κ2) is 7.06. The van der Waals surface area contributed by atoms with E-state index in [4.69, 9.17) is 27.9 Å². The van der Waals surface area contributed by atoms with Gasteiger partial charge in [-0.2, -0.15) is 0 Å². The fourth-order valence-corrected chi connectivity index (χ4v) is 1.92. The number of hydrogen-bond donors (Lipinski definition) is 1. The van der Waals surface area contributed by atoms with Crippen LogP contribution in [0, 0.1) is 0 Å². The lowest BCUT2D eigenvalue weighted by molar-refractivity contribution is -0.111. The molecule has 2 aromatic rings. The molecule has 1 aromatic carbocycles. The van der Waals surface area contributed by atoms with Crippen LogP contribution >= 0.6 is 23.2 Å². The minimum Gasteiger partial charge on any atom is -0.497 e. The van der Waals surface area contributed by atoms with E-state index in [0.717, 1.165) is 11.3 Å². The number of carbonyl (C=O) groups is 1. The Morgan fingerprint density at radius 2 is 1.95 bits per heavy atom. The molecule has 0 saturated carbocycles. The van der Waals surface area contributed by atoms with Crippen LogP contribution in [0.1, 0.15) is 5.56 Å². The summed E-state index contributed by atoms with van der Waals surface area (Å²) in [5.41, 5.74) is 0.865. The van der Waals surface area contributed by atoms with Gasteiger partial charge in [-0.05, 0) is 35.4 Å². The minimum absolute atomic E-state index is 0.0306. The average molecular weight is 324 g/mol. The van der Waals surface area contributed by atoms with Crippen molar-refractivity contribution in [3.63, 3.8) is 0 Å². The summed E-state index contributed by atoms with van der Waals surface area (Å²) in [6, 6.07) is 8.69. The summed E-state index contributed by atoms with van der Waals surface area (Å²) in [6.07, 6.45) is 3.05. The number of nitrogens with zero attached hydrogens (tertiary/aromatic N) is 2. The third-order valence-electron chi connectivity index (χ3n) is 2.46. The summed E-state index contributed by atoms with van der Waals surface area (Å²) in [5, 5.41) is 2.67. The molecule has 0 bridgehead atoms. The predicted molar refractivity (Wildman–Crippen MR) is 82.7 cm³/mol. The monoisotopic (exact) mass is 323 g/mol. The van der Waals surface area contributed by atoms with Crippen LogP contribution in [0.5, 0.6) is 5.75 Å². The number of benzene rings is 1. The highest BCUT2D eigenvalue weighted by atomic mass is 35.5. The van der Waals surface area contributed by atoms with Crippen molar-refractivity contribution in [3.05, 3.63) is 52.4 Å². The molecule has 0 aliphatic carbocycles. The first-order valence-corrected chi connectivity index (χ1v) is 6.65. The predicted octanol–water partition coefficient (Wildman–Crippen LogP) is 3.44. The van der Waals surface area contributed by atoms with Crippen molar-refractivity contribution in [2.24, 2.45) is 0 Å². The van der Waals surface area contributed by atoms with E-state index < -0.39 is 0 Å². The number of anilines is 1. The molecule has 0 spiro atoms. The summed E-state index contributed by atoms with van der Waals surface area (Å²) < 4.78 is 5.05. The zero-order valence-electron chi connectivity index (χ0n) is 11.0. The Morgan fingerprint density at radius 1 is 1.24 bits per heavy atom. The van der Waals surface area contributed by atoms with Crippen LogP contribution in [0.25, 0.3) is 6.08 Å². The van der Waals surface area contributed by atoms with E-state index in [1.54, 1.807) is 13.2 Å². The van der Waals surface area contributed by atoms with Crippen molar-refractivity contribution in [2.45, 2.75) is 0 Å². The van der Waals surface area contributed by atoms with Gasteiger partial charge < -0.3 is 10.1 Å². The molecule has 0 aliphatic rings. The second-order valence-corrected chi connectivity index (χ2v) is 4.67. The smallest absolute Gasteiger partial charge is 0.249 e. The first-order chi connectivity index (χ1) is 10.1. The van der Waals surface area contributed by atoms with Crippen molar-refractivity contribution in [1.29, 1.82) is 0 Å². The number of amides is 1. The zero-order chi connectivity index (χ0) is 15.2. The van der Waals surface area contributed by atoms with Crippen molar-refractivity contribution in [2.75, 3.05) is 12.4 Å². The molecule has 0 aliphatic heterocycles. The van der Waals surface area contributed by atoms with E-state index in [1.807, 2.05) is 24.3 Å². The number of halogens is 2. The molecular weight excluding hydrogens is 313 g/mol. The normalized spacial score (nSPS) is 10.6. The SMILES string of the molecule is COc1ccc(/C=C/C(=O)Nc2cc(Cl)nc(Cl)n2)cc1. The van der Waals surface area contributed by atoms with E-state index in [1.165, 1.54) is 12.1 Å². The first-order valence-electron chi connectivity index (χ1n) is 5.90. The van der Waals surface area contributed by atoms with E-state index in [-0.39, 0.29) is 22.2 Å². The van der Waals surface area contributed by atoms with Crippen molar-refractivity contribution >= 4 is 41.0 Å². The first kappa shape index (κ1) is 15.3. The molecule has 7 heteroatoms. The van der Waals surface area contributed by atoms with Crippen LogP contribution in [-0.2, 0) is 4.79 Å². The number of methoxy groups -OCH3 is 1. The van der Waals surface area contributed by atoms with Gasteiger partial charge in [0.25, 0.3) is 0 Å². The van der Waals surface area contributed by atoms with Gasteiger partial charge in [0.1, 0.15) is 16.7 Å². The van der Waals surface area contributed by atoms with E-state index in [0.29, 0.717) is 0 Å². The molecule has 1 aromatic heterocycles. The number of hydrogen-bond acceptors (Lipinski definition) is 4. The fourth-order valence-electron chi connectivity index (χ4n) is 1.51. The van der Waals surface area contributed by atoms with Crippen LogP contribution in [0.3, 0.4) is 0 Å². The van der Waals surface area contributed by atoms with Gasteiger partial charge in [-0.25, -0.2) is 9.97 Å². The largest absolute Gasteiger partial charge is 0.497 e. The molecule has 1 amide bonds. The van der Waals surface area contributed by atoms with E-state index in [9.17, 15) is 4.79 Å². The topological polar surface area (TPSA) is 64.1 Å². The van der Waals surface area contributed by atoms with Gasteiger partial charge in [-0.1, -0.05) is 23.7 Å². The molecule has 0 saturated heterocycles. The van der Waals surface area contributed by atoms with Crippen molar-refractivity contribution in [1.82, 2.24) is 9.97 Å². The highest BCUT2D eigenvalue weighted by Gasteiger charge is 2.03. The van der Waals surface area contributed by atoms with Gasteiger partial charge in [0, 0.05) is 12.1 Å². The van der Waals surface area contributed by atoms with Gasteiger partial charge in [-0.15, -0.1) is 0 Å². The van der Waals surface area contributed by atoms with Crippen molar-refractivity contribution in [3.8, 4) is 5.75 Å². The highest BCUT2D eigenvalue weighted by Crippen LogP contribution is 2.15.